The summed E-state index contributed by atoms with van der Waals surface area (Å²) in [5.74, 6) is 0.924. The molecular weight excluding hydrogens is 176 g/mol. The molecular formula is C12H18O2. The van der Waals surface area contributed by atoms with E-state index in [9.17, 15) is 5.11 Å². The minimum absolute atomic E-state index is 0.236. The van der Waals surface area contributed by atoms with Gasteiger partial charge in [0, 0.05) is 0 Å². The Hall–Kier alpha value is -1.02. The Morgan fingerprint density at radius 3 is 2.71 bits per heavy atom. The van der Waals surface area contributed by atoms with Gasteiger partial charge in [-0.15, -0.1) is 0 Å². The molecule has 1 aromatic rings. The zero-order valence-corrected chi connectivity index (χ0v) is 9.08. The van der Waals surface area contributed by atoms with Crippen molar-refractivity contribution in [1.29, 1.82) is 0 Å². The molecule has 2 heteroatoms. The Kier molecular flexibility index (Phi) is 3.96. The van der Waals surface area contributed by atoms with Crippen LogP contribution in [0.25, 0.3) is 0 Å². The van der Waals surface area contributed by atoms with Crippen molar-refractivity contribution >= 4 is 0 Å². The molecule has 0 saturated heterocycles. The van der Waals surface area contributed by atoms with Crippen molar-refractivity contribution in [3.8, 4) is 5.75 Å². The molecule has 1 rings (SSSR count). The van der Waals surface area contributed by atoms with E-state index in [4.69, 9.17) is 4.74 Å². The first kappa shape index (κ1) is 11.1. The SMILES string of the molecule is COc1cccc(CCC(C)O)c1C. The molecule has 0 saturated carbocycles. The number of rotatable bonds is 4. The highest BCUT2D eigenvalue weighted by atomic mass is 16.5. The first-order chi connectivity index (χ1) is 6.65. The van der Waals surface area contributed by atoms with Gasteiger partial charge in [0.15, 0.2) is 0 Å². The summed E-state index contributed by atoms with van der Waals surface area (Å²) in [6, 6.07) is 6.03. The van der Waals surface area contributed by atoms with Gasteiger partial charge in [-0.2, -0.15) is 0 Å². The molecule has 0 radical (unpaired) electrons. The van der Waals surface area contributed by atoms with Crippen LogP contribution in [-0.2, 0) is 6.42 Å². The Bertz CT molecular complexity index is 292. The van der Waals surface area contributed by atoms with Crippen molar-refractivity contribution in [2.24, 2.45) is 0 Å². The molecule has 0 aliphatic heterocycles. The van der Waals surface area contributed by atoms with Gasteiger partial charge in [-0.05, 0) is 43.9 Å². The molecule has 0 spiro atoms. The fourth-order valence-electron chi connectivity index (χ4n) is 1.52. The minimum atomic E-state index is -0.236. The van der Waals surface area contributed by atoms with Crippen molar-refractivity contribution in [3.05, 3.63) is 29.3 Å². The van der Waals surface area contributed by atoms with E-state index in [2.05, 4.69) is 13.0 Å². The largest absolute Gasteiger partial charge is 0.496 e. The van der Waals surface area contributed by atoms with Crippen molar-refractivity contribution in [2.45, 2.75) is 32.8 Å². The molecule has 0 aromatic heterocycles. The normalized spacial score (nSPS) is 12.6. The van der Waals surface area contributed by atoms with E-state index in [1.54, 1.807) is 7.11 Å². The van der Waals surface area contributed by atoms with Gasteiger partial charge < -0.3 is 9.84 Å². The molecule has 1 N–H and O–H groups in total. The molecule has 0 heterocycles. The number of aliphatic hydroxyl groups excluding tert-OH is 1. The Morgan fingerprint density at radius 2 is 2.14 bits per heavy atom. The third kappa shape index (κ3) is 2.74. The summed E-state index contributed by atoms with van der Waals surface area (Å²) in [4.78, 5) is 0. The van der Waals surface area contributed by atoms with E-state index in [-0.39, 0.29) is 6.10 Å². The standard InChI is InChI=1S/C12H18O2/c1-9(13)7-8-11-5-4-6-12(14-3)10(11)2/h4-6,9,13H,7-8H2,1-3H3. The molecule has 1 atom stereocenters. The van der Waals surface area contributed by atoms with E-state index >= 15 is 0 Å². The fourth-order valence-corrected chi connectivity index (χ4v) is 1.52. The van der Waals surface area contributed by atoms with Crippen molar-refractivity contribution in [2.75, 3.05) is 7.11 Å². The lowest BCUT2D eigenvalue weighted by molar-refractivity contribution is 0.185. The monoisotopic (exact) mass is 194 g/mol. The van der Waals surface area contributed by atoms with Crippen molar-refractivity contribution in [1.82, 2.24) is 0 Å². The van der Waals surface area contributed by atoms with E-state index in [0.717, 1.165) is 18.6 Å². The number of aryl methyl sites for hydroxylation is 1. The van der Waals surface area contributed by atoms with E-state index in [0.29, 0.717) is 0 Å². The summed E-state index contributed by atoms with van der Waals surface area (Å²) < 4.78 is 5.23. The quantitative estimate of drug-likeness (QED) is 0.797. The highest BCUT2D eigenvalue weighted by Gasteiger charge is 2.04. The van der Waals surface area contributed by atoms with Gasteiger partial charge in [0.05, 0.1) is 13.2 Å². The van der Waals surface area contributed by atoms with E-state index in [1.807, 2.05) is 19.1 Å². The number of hydrogen-bond acceptors (Lipinski definition) is 2. The second-order valence-corrected chi connectivity index (χ2v) is 3.63. The van der Waals surface area contributed by atoms with Crippen molar-refractivity contribution < 1.29 is 9.84 Å². The molecule has 2 nitrogen and oxygen atoms in total. The maximum Gasteiger partial charge on any atom is 0.122 e. The number of methoxy groups -OCH3 is 1. The maximum atomic E-state index is 9.20. The van der Waals surface area contributed by atoms with Gasteiger partial charge in [-0.3, -0.25) is 0 Å². The summed E-state index contributed by atoms with van der Waals surface area (Å²) in [5.41, 5.74) is 2.43. The van der Waals surface area contributed by atoms with Gasteiger partial charge in [0.25, 0.3) is 0 Å². The van der Waals surface area contributed by atoms with E-state index in [1.165, 1.54) is 11.1 Å². The Labute approximate surface area is 85.5 Å². The number of aliphatic hydroxyl groups is 1. The lowest BCUT2D eigenvalue weighted by atomic mass is 10.0. The van der Waals surface area contributed by atoms with Gasteiger partial charge in [-0.25, -0.2) is 0 Å². The average molecular weight is 194 g/mol. The van der Waals surface area contributed by atoms with Crippen LogP contribution in [0.4, 0.5) is 0 Å². The Morgan fingerprint density at radius 1 is 1.43 bits per heavy atom. The zero-order chi connectivity index (χ0) is 10.6. The second-order valence-electron chi connectivity index (χ2n) is 3.63. The first-order valence-electron chi connectivity index (χ1n) is 4.95. The molecule has 1 aromatic carbocycles. The number of ether oxygens (including phenoxy) is 1. The molecule has 0 bridgehead atoms. The first-order valence-corrected chi connectivity index (χ1v) is 4.95. The highest BCUT2D eigenvalue weighted by molar-refractivity contribution is 5.39. The molecule has 14 heavy (non-hydrogen) atoms. The predicted octanol–water partition coefficient (Wildman–Crippen LogP) is 2.32. The number of hydrogen-bond donors (Lipinski definition) is 1. The zero-order valence-electron chi connectivity index (χ0n) is 9.08. The smallest absolute Gasteiger partial charge is 0.122 e. The van der Waals surface area contributed by atoms with Crippen LogP contribution in [0.5, 0.6) is 5.75 Å². The maximum absolute atomic E-state index is 9.20. The summed E-state index contributed by atoms with van der Waals surface area (Å²) in [7, 11) is 1.68. The summed E-state index contributed by atoms with van der Waals surface area (Å²) >= 11 is 0. The van der Waals surface area contributed by atoms with Crippen molar-refractivity contribution in [3.63, 3.8) is 0 Å². The van der Waals surface area contributed by atoms with Gasteiger partial charge in [-0.1, -0.05) is 12.1 Å². The Balaban J connectivity index is 2.76. The third-order valence-electron chi connectivity index (χ3n) is 2.45. The van der Waals surface area contributed by atoms with Crippen LogP contribution in [0.3, 0.4) is 0 Å². The van der Waals surface area contributed by atoms with Crippen LogP contribution in [0.2, 0.25) is 0 Å². The van der Waals surface area contributed by atoms with Gasteiger partial charge in [0.1, 0.15) is 5.75 Å². The number of benzene rings is 1. The molecule has 0 aliphatic carbocycles. The van der Waals surface area contributed by atoms with Crippen LogP contribution in [0.1, 0.15) is 24.5 Å². The second kappa shape index (κ2) is 5.01. The van der Waals surface area contributed by atoms with Gasteiger partial charge in [0.2, 0.25) is 0 Å². The third-order valence-corrected chi connectivity index (χ3v) is 2.45. The molecule has 1 unspecified atom stereocenters. The van der Waals surface area contributed by atoms with Crippen LogP contribution >= 0.6 is 0 Å². The van der Waals surface area contributed by atoms with Crippen LogP contribution < -0.4 is 4.74 Å². The minimum Gasteiger partial charge on any atom is -0.496 e. The summed E-state index contributed by atoms with van der Waals surface area (Å²) in [6.45, 7) is 3.87. The van der Waals surface area contributed by atoms with Crippen LogP contribution in [0, 0.1) is 6.92 Å². The summed E-state index contributed by atoms with van der Waals surface area (Å²) in [6.07, 6.45) is 1.47. The molecule has 0 fully saturated rings. The molecule has 0 aliphatic rings. The topological polar surface area (TPSA) is 29.5 Å². The average Bonchev–Trinajstić information content (AvgIpc) is 2.16. The lowest BCUT2D eigenvalue weighted by Crippen LogP contribution is -2.03. The summed E-state index contributed by atoms with van der Waals surface area (Å²) in [5, 5.41) is 9.20. The fraction of sp³-hybridized carbons (Fsp3) is 0.500. The van der Waals surface area contributed by atoms with E-state index < -0.39 is 0 Å². The van der Waals surface area contributed by atoms with Gasteiger partial charge >= 0.3 is 0 Å². The molecule has 0 amide bonds. The van der Waals surface area contributed by atoms with Crippen LogP contribution in [-0.4, -0.2) is 18.3 Å². The van der Waals surface area contributed by atoms with Crippen LogP contribution in [0.15, 0.2) is 18.2 Å². The lowest BCUT2D eigenvalue weighted by Gasteiger charge is -2.10. The molecule has 78 valence electrons. The predicted molar refractivity (Wildman–Crippen MR) is 57.7 cm³/mol. The highest BCUT2D eigenvalue weighted by Crippen LogP contribution is 2.22.